The van der Waals surface area contributed by atoms with Crippen molar-refractivity contribution < 1.29 is 5.11 Å². The Morgan fingerprint density at radius 2 is 2.15 bits per heavy atom. The molecule has 2 rings (SSSR count). The largest absolute Gasteiger partial charge is 0.392 e. The van der Waals surface area contributed by atoms with E-state index >= 15 is 0 Å². The standard InChI is InChI=1S/C12H20O/c1-8-7-9(2)12(13)11-6-4-3-5-10(8)11/h5,8-9,11-13H,3-4,6-7H2,1-2H3/t8-,9+,11-,12+/m0/s1. The Kier molecular flexibility index (Phi) is 2.46. The second kappa shape index (κ2) is 3.45. The minimum Gasteiger partial charge on any atom is -0.392 e. The summed E-state index contributed by atoms with van der Waals surface area (Å²) in [7, 11) is 0. The SMILES string of the molecule is C[C@@H]1C[C@H](C)C2=CCCC[C@@H]2[C@@H]1O. The lowest BCUT2D eigenvalue weighted by Gasteiger charge is -2.41. The molecule has 0 spiro atoms. The lowest BCUT2D eigenvalue weighted by atomic mass is 9.67. The van der Waals surface area contributed by atoms with Gasteiger partial charge in [-0.1, -0.05) is 25.5 Å². The van der Waals surface area contributed by atoms with E-state index in [0.717, 1.165) is 0 Å². The van der Waals surface area contributed by atoms with Crippen LogP contribution in [0.1, 0.15) is 39.5 Å². The second-order valence-electron chi connectivity index (χ2n) is 4.85. The number of rotatable bonds is 0. The van der Waals surface area contributed by atoms with Crippen molar-refractivity contribution in [2.45, 2.75) is 45.6 Å². The highest BCUT2D eigenvalue weighted by Crippen LogP contribution is 2.42. The average molecular weight is 180 g/mol. The van der Waals surface area contributed by atoms with Gasteiger partial charge in [0.1, 0.15) is 0 Å². The van der Waals surface area contributed by atoms with Crippen LogP contribution in [0.3, 0.4) is 0 Å². The van der Waals surface area contributed by atoms with Gasteiger partial charge in [0, 0.05) is 5.92 Å². The summed E-state index contributed by atoms with van der Waals surface area (Å²) in [6, 6.07) is 0. The zero-order valence-corrected chi connectivity index (χ0v) is 8.66. The van der Waals surface area contributed by atoms with E-state index in [1.807, 2.05) is 0 Å². The Balaban J connectivity index is 2.22. The van der Waals surface area contributed by atoms with Crippen LogP contribution in [-0.2, 0) is 0 Å². The van der Waals surface area contributed by atoms with Gasteiger partial charge in [0.05, 0.1) is 6.10 Å². The number of aliphatic hydroxyl groups is 1. The molecule has 0 bridgehead atoms. The summed E-state index contributed by atoms with van der Waals surface area (Å²) in [5.74, 6) is 1.70. The zero-order chi connectivity index (χ0) is 9.42. The van der Waals surface area contributed by atoms with Crippen LogP contribution in [-0.4, -0.2) is 11.2 Å². The smallest absolute Gasteiger partial charge is 0.0631 e. The van der Waals surface area contributed by atoms with E-state index in [1.165, 1.54) is 25.7 Å². The molecule has 0 aromatic rings. The Morgan fingerprint density at radius 3 is 2.92 bits per heavy atom. The second-order valence-corrected chi connectivity index (χ2v) is 4.85. The molecule has 0 radical (unpaired) electrons. The third-order valence-electron chi connectivity index (χ3n) is 3.82. The summed E-state index contributed by atoms with van der Waals surface area (Å²) in [5, 5.41) is 10.0. The summed E-state index contributed by atoms with van der Waals surface area (Å²) < 4.78 is 0. The maximum atomic E-state index is 10.0. The predicted molar refractivity (Wildman–Crippen MR) is 54.4 cm³/mol. The third-order valence-corrected chi connectivity index (χ3v) is 3.82. The maximum Gasteiger partial charge on any atom is 0.0631 e. The van der Waals surface area contributed by atoms with Crippen molar-refractivity contribution >= 4 is 0 Å². The fourth-order valence-corrected chi connectivity index (χ4v) is 3.09. The number of hydrogen-bond donors (Lipinski definition) is 1. The van der Waals surface area contributed by atoms with Crippen LogP contribution in [0.25, 0.3) is 0 Å². The Labute approximate surface area is 80.8 Å². The Morgan fingerprint density at radius 1 is 1.38 bits per heavy atom. The molecule has 2 aliphatic carbocycles. The molecule has 1 nitrogen and oxygen atoms in total. The molecule has 0 heterocycles. The minimum atomic E-state index is -0.0669. The first-order valence-electron chi connectivity index (χ1n) is 5.58. The zero-order valence-electron chi connectivity index (χ0n) is 8.66. The van der Waals surface area contributed by atoms with Crippen molar-refractivity contribution in [3.8, 4) is 0 Å². The van der Waals surface area contributed by atoms with Crippen LogP contribution in [0.2, 0.25) is 0 Å². The first kappa shape index (κ1) is 9.26. The Bertz CT molecular complexity index is 219. The molecule has 0 unspecified atom stereocenters. The molecule has 4 atom stereocenters. The highest BCUT2D eigenvalue weighted by Gasteiger charge is 2.36. The summed E-state index contributed by atoms with van der Waals surface area (Å²) in [4.78, 5) is 0. The molecule has 1 heteroatoms. The van der Waals surface area contributed by atoms with Gasteiger partial charge in [-0.25, -0.2) is 0 Å². The third kappa shape index (κ3) is 1.54. The van der Waals surface area contributed by atoms with Crippen LogP contribution >= 0.6 is 0 Å². The molecule has 1 N–H and O–H groups in total. The maximum absolute atomic E-state index is 10.0. The predicted octanol–water partition coefficient (Wildman–Crippen LogP) is 2.75. The number of hydrogen-bond acceptors (Lipinski definition) is 1. The van der Waals surface area contributed by atoms with Gasteiger partial charge < -0.3 is 5.11 Å². The van der Waals surface area contributed by atoms with E-state index in [1.54, 1.807) is 5.57 Å². The molecular formula is C12H20O. The van der Waals surface area contributed by atoms with Crippen LogP contribution in [0.15, 0.2) is 11.6 Å². The summed E-state index contributed by atoms with van der Waals surface area (Å²) in [6.45, 7) is 4.50. The van der Waals surface area contributed by atoms with E-state index in [9.17, 15) is 5.11 Å². The molecule has 13 heavy (non-hydrogen) atoms. The quantitative estimate of drug-likeness (QED) is 0.568. The van der Waals surface area contributed by atoms with Gasteiger partial charge in [-0.2, -0.15) is 0 Å². The van der Waals surface area contributed by atoms with Gasteiger partial charge in [0.25, 0.3) is 0 Å². The highest BCUT2D eigenvalue weighted by molar-refractivity contribution is 5.18. The summed E-state index contributed by atoms with van der Waals surface area (Å²) in [5.41, 5.74) is 1.55. The van der Waals surface area contributed by atoms with Crippen LogP contribution in [0.4, 0.5) is 0 Å². The molecule has 1 fully saturated rings. The van der Waals surface area contributed by atoms with Crippen LogP contribution < -0.4 is 0 Å². The average Bonchev–Trinajstić information content (AvgIpc) is 2.15. The van der Waals surface area contributed by atoms with Crippen LogP contribution in [0, 0.1) is 17.8 Å². The van der Waals surface area contributed by atoms with E-state index in [2.05, 4.69) is 19.9 Å². The first-order valence-corrected chi connectivity index (χ1v) is 5.58. The Hall–Kier alpha value is -0.300. The van der Waals surface area contributed by atoms with Gasteiger partial charge in [-0.05, 0) is 37.5 Å². The fraction of sp³-hybridized carbons (Fsp3) is 0.833. The van der Waals surface area contributed by atoms with Gasteiger partial charge >= 0.3 is 0 Å². The molecule has 0 saturated heterocycles. The lowest BCUT2D eigenvalue weighted by molar-refractivity contribution is 0.0318. The fourth-order valence-electron chi connectivity index (χ4n) is 3.09. The normalized spacial score (nSPS) is 45.3. The topological polar surface area (TPSA) is 20.2 Å². The van der Waals surface area contributed by atoms with E-state index in [4.69, 9.17) is 0 Å². The molecule has 1 saturated carbocycles. The van der Waals surface area contributed by atoms with Crippen LogP contribution in [0.5, 0.6) is 0 Å². The molecule has 0 aliphatic heterocycles. The summed E-state index contributed by atoms with van der Waals surface area (Å²) in [6.07, 6.45) is 7.20. The molecule has 0 aromatic carbocycles. The molecule has 2 aliphatic rings. The highest BCUT2D eigenvalue weighted by atomic mass is 16.3. The molecule has 74 valence electrons. The van der Waals surface area contributed by atoms with Crippen molar-refractivity contribution in [2.24, 2.45) is 17.8 Å². The summed E-state index contributed by atoms with van der Waals surface area (Å²) >= 11 is 0. The van der Waals surface area contributed by atoms with Crippen molar-refractivity contribution in [2.75, 3.05) is 0 Å². The van der Waals surface area contributed by atoms with Crippen molar-refractivity contribution in [1.82, 2.24) is 0 Å². The first-order chi connectivity index (χ1) is 6.20. The number of allylic oxidation sites excluding steroid dienone is 1. The van der Waals surface area contributed by atoms with E-state index in [0.29, 0.717) is 17.8 Å². The number of fused-ring (bicyclic) bond motifs is 1. The van der Waals surface area contributed by atoms with Crippen molar-refractivity contribution in [3.63, 3.8) is 0 Å². The lowest BCUT2D eigenvalue weighted by Crippen LogP contribution is -2.38. The van der Waals surface area contributed by atoms with Crippen molar-refractivity contribution in [1.29, 1.82) is 0 Å². The van der Waals surface area contributed by atoms with Gasteiger partial charge in [-0.3, -0.25) is 0 Å². The molecular weight excluding hydrogens is 160 g/mol. The molecule has 0 amide bonds. The van der Waals surface area contributed by atoms with Gasteiger partial charge in [-0.15, -0.1) is 0 Å². The van der Waals surface area contributed by atoms with Gasteiger partial charge in [0.15, 0.2) is 0 Å². The minimum absolute atomic E-state index is 0.0669. The van der Waals surface area contributed by atoms with E-state index in [-0.39, 0.29) is 6.10 Å². The number of aliphatic hydroxyl groups excluding tert-OH is 1. The monoisotopic (exact) mass is 180 g/mol. The van der Waals surface area contributed by atoms with E-state index < -0.39 is 0 Å². The van der Waals surface area contributed by atoms with Gasteiger partial charge in [0.2, 0.25) is 0 Å². The van der Waals surface area contributed by atoms with Crippen molar-refractivity contribution in [3.05, 3.63) is 11.6 Å². The molecule has 0 aromatic heterocycles.